The monoisotopic (exact) mass is 583 g/mol. The van der Waals surface area contributed by atoms with E-state index in [9.17, 15) is 14.4 Å². The highest BCUT2D eigenvalue weighted by atomic mass is 32.2. The van der Waals surface area contributed by atoms with E-state index >= 15 is 0 Å². The van der Waals surface area contributed by atoms with Gasteiger partial charge in [0.25, 0.3) is 11.5 Å². The number of unbranched alkanes of at least 4 members (excludes halogenated alkanes) is 9. The average Bonchev–Trinajstić information content (AvgIpc) is 3.22. The first kappa shape index (κ1) is 30.2. The highest BCUT2D eigenvalue weighted by Crippen LogP contribution is 2.34. The molecule has 4 heterocycles. The van der Waals surface area contributed by atoms with Crippen LogP contribution in [-0.4, -0.2) is 50.1 Å². The molecule has 2 N–H and O–H groups in total. The van der Waals surface area contributed by atoms with E-state index in [0.717, 1.165) is 12.8 Å². The molecule has 4 rings (SSSR count). The van der Waals surface area contributed by atoms with Gasteiger partial charge in [-0.15, -0.1) is 0 Å². The van der Waals surface area contributed by atoms with Crippen LogP contribution in [0.4, 0.5) is 5.82 Å². The zero-order valence-electron chi connectivity index (χ0n) is 23.5. The molecule has 0 unspecified atom stereocenters. The maximum absolute atomic E-state index is 13.6. The number of primary amides is 1. The van der Waals surface area contributed by atoms with Crippen molar-refractivity contribution in [2.24, 2.45) is 11.7 Å². The number of carbonyl (C=O) groups excluding carboxylic acids is 2. The number of nitrogens with zero attached hydrogens (tertiary/aromatic N) is 4. The van der Waals surface area contributed by atoms with Crippen molar-refractivity contribution in [3.63, 3.8) is 0 Å². The molecule has 2 aliphatic heterocycles. The molecule has 8 nitrogen and oxygen atoms in total. The summed E-state index contributed by atoms with van der Waals surface area (Å²) in [6.45, 7) is 3.96. The number of hydrogen-bond donors (Lipinski definition) is 1. The third-order valence-electron chi connectivity index (χ3n) is 7.83. The van der Waals surface area contributed by atoms with Gasteiger partial charge in [-0.25, -0.2) is 4.98 Å². The van der Waals surface area contributed by atoms with E-state index in [4.69, 9.17) is 22.9 Å². The standard InChI is InChI=1S/C30H41N5O3S2/c1-2-3-4-5-6-7-8-9-10-12-18-35-29(38)24(40-30(35)39)21-23-27(33-19-15-22(16-20-33)26(31)36)32-25-14-11-13-17-34(25)28(23)37/h11,13-14,17,21-22H,2-10,12,15-16,18-20H2,1H3,(H2,31,36)/b24-21+. The Labute approximate surface area is 246 Å². The van der Waals surface area contributed by atoms with Gasteiger partial charge < -0.3 is 10.6 Å². The van der Waals surface area contributed by atoms with Crippen LogP contribution in [0.1, 0.15) is 89.5 Å². The largest absolute Gasteiger partial charge is 0.369 e. The minimum Gasteiger partial charge on any atom is -0.369 e. The Morgan fingerprint density at radius 1 is 1.05 bits per heavy atom. The maximum atomic E-state index is 13.6. The lowest BCUT2D eigenvalue weighted by Gasteiger charge is -2.32. The van der Waals surface area contributed by atoms with Crippen molar-refractivity contribution in [1.82, 2.24) is 14.3 Å². The van der Waals surface area contributed by atoms with Crippen molar-refractivity contribution in [1.29, 1.82) is 0 Å². The van der Waals surface area contributed by atoms with Gasteiger partial charge in [0, 0.05) is 31.7 Å². The second-order valence-electron chi connectivity index (χ2n) is 10.8. The molecule has 10 heteroatoms. The predicted molar refractivity (Wildman–Crippen MR) is 167 cm³/mol. The molecule has 0 aromatic carbocycles. The van der Waals surface area contributed by atoms with Gasteiger partial charge in [0.05, 0.1) is 10.5 Å². The Balaban J connectivity index is 1.43. The average molecular weight is 584 g/mol. The van der Waals surface area contributed by atoms with Crippen LogP contribution in [-0.2, 0) is 9.59 Å². The summed E-state index contributed by atoms with van der Waals surface area (Å²) >= 11 is 6.81. The number of anilines is 1. The van der Waals surface area contributed by atoms with Gasteiger partial charge in [0.1, 0.15) is 15.8 Å². The van der Waals surface area contributed by atoms with Crippen molar-refractivity contribution in [3.8, 4) is 0 Å². The van der Waals surface area contributed by atoms with Gasteiger partial charge in [-0.1, -0.05) is 94.8 Å². The van der Waals surface area contributed by atoms with Crippen LogP contribution in [0.3, 0.4) is 0 Å². The molecule has 0 saturated carbocycles. The predicted octanol–water partition coefficient (Wildman–Crippen LogP) is 5.52. The van der Waals surface area contributed by atoms with Crippen LogP contribution in [0.5, 0.6) is 0 Å². The number of hydrogen-bond acceptors (Lipinski definition) is 7. The molecule has 0 atom stereocenters. The normalized spacial score (nSPS) is 17.5. The molecule has 2 fully saturated rings. The molecule has 2 aliphatic rings. The van der Waals surface area contributed by atoms with Gasteiger partial charge in [-0.05, 0) is 37.5 Å². The van der Waals surface area contributed by atoms with Crippen molar-refractivity contribution in [2.75, 3.05) is 24.5 Å². The van der Waals surface area contributed by atoms with Crippen molar-refractivity contribution < 1.29 is 9.59 Å². The number of piperidine rings is 1. The SMILES string of the molecule is CCCCCCCCCCCCN1C(=O)/C(=C\c2c(N3CCC(C(N)=O)CC3)nc3ccccn3c2=O)SC1=S. The molecule has 40 heavy (non-hydrogen) atoms. The molecule has 2 aromatic rings. The van der Waals surface area contributed by atoms with E-state index in [1.54, 1.807) is 29.3 Å². The summed E-state index contributed by atoms with van der Waals surface area (Å²) in [6, 6.07) is 5.41. The van der Waals surface area contributed by atoms with E-state index in [1.165, 1.54) is 67.5 Å². The number of pyridine rings is 1. The van der Waals surface area contributed by atoms with Crippen LogP contribution in [0.2, 0.25) is 0 Å². The van der Waals surface area contributed by atoms with E-state index in [0.29, 0.717) is 58.7 Å². The minimum absolute atomic E-state index is 0.151. The van der Waals surface area contributed by atoms with Gasteiger partial charge in [-0.2, -0.15) is 0 Å². The molecule has 216 valence electrons. The van der Waals surface area contributed by atoms with Crippen molar-refractivity contribution >= 4 is 57.7 Å². The molecule has 0 radical (unpaired) electrons. The Morgan fingerprint density at radius 3 is 2.35 bits per heavy atom. The molecule has 0 bridgehead atoms. The lowest BCUT2D eigenvalue weighted by atomic mass is 9.96. The third kappa shape index (κ3) is 7.51. The number of thioether (sulfide) groups is 1. The molecule has 2 aromatic heterocycles. The lowest BCUT2D eigenvalue weighted by molar-refractivity contribution is -0.123. The number of fused-ring (bicyclic) bond motifs is 1. The summed E-state index contributed by atoms with van der Waals surface area (Å²) in [6.07, 6.45) is 16.8. The number of thiocarbonyl (C=S) groups is 1. The molecule has 0 aliphatic carbocycles. The van der Waals surface area contributed by atoms with Crippen LogP contribution >= 0.6 is 24.0 Å². The number of amides is 2. The van der Waals surface area contributed by atoms with Gasteiger partial charge >= 0.3 is 0 Å². The fourth-order valence-electron chi connectivity index (χ4n) is 5.42. The van der Waals surface area contributed by atoms with E-state index in [1.807, 2.05) is 11.0 Å². The smallest absolute Gasteiger partial charge is 0.267 e. The van der Waals surface area contributed by atoms with Crippen LogP contribution < -0.4 is 16.2 Å². The third-order valence-corrected chi connectivity index (χ3v) is 9.21. The molecule has 2 amide bonds. The lowest BCUT2D eigenvalue weighted by Crippen LogP contribution is -2.40. The van der Waals surface area contributed by atoms with E-state index in [2.05, 4.69) is 6.92 Å². The molecular formula is C30H41N5O3S2. The first-order valence-electron chi connectivity index (χ1n) is 14.7. The van der Waals surface area contributed by atoms with Crippen LogP contribution in [0.15, 0.2) is 34.1 Å². The Kier molecular flexibility index (Phi) is 11.2. The quantitative estimate of drug-likeness (QED) is 0.178. The Bertz CT molecular complexity index is 1300. The summed E-state index contributed by atoms with van der Waals surface area (Å²) < 4.78 is 2.03. The fourth-order valence-corrected chi connectivity index (χ4v) is 6.71. The Morgan fingerprint density at radius 2 is 1.70 bits per heavy atom. The maximum Gasteiger partial charge on any atom is 0.267 e. The fraction of sp³-hybridized carbons (Fsp3) is 0.567. The van der Waals surface area contributed by atoms with E-state index < -0.39 is 0 Å². The van der Waals surface area contributed by atoms with Crippen LogP contribution in [0.25, 0.3) is 11.7 Å². The van der Waals surface area contributed by atoms with E-state index in [-0.39, 0.29) is 23.3 Å². The number of rotatable bonds is 14. The molecule has 2 saturated heterocycles. The first-order chi connectivity index (χ1) is 19.4. The summed E-state index contributed by atoms with van der Waals surface area (Å²) in [4.78, 5) is 47.6. The highest BCUT2D eigenvalue weighted by molar-refractivity contribution is 8.26. The number of nitrogens with two attached hydrogens (primary N) is 1. The number of aromatic nitrogens is 2. The highest BCUT2D eigenvalue weighted by Gasteiger charge is 2.33. The topological polar surface area (TPSA) is 101 Å². The number of carbonyl (C=O) groups is 2. The zero-order valence-corrected chi connectivity index (χ0v) is 25.1. The summed E-state index contributed by atoms with van der Waals surface area (Å²) in [5.41, 5.74) is 6.18. The van der Waals surface area contributed by atoms with Crippen LogP contribution in [0, 0.1) is 5.92 Å². The van der Waals surface area contributed by atoms with Gasteiger partial charge in [0.15, 0.2) is 0 Å². The minimum atomic E-state index is -0.294. The first-order valence-corrected chi connectivity index (χ1v) is 15.9. The summed E-state index contributed by atoms with van der Waals surface area (Å²) in [5.74, 6) is -0.0956. The van der Waals surface area contributed by atoms with Gasteiger partial charge in [0.2, 0.25) is 5.91 Å². The molecular weight excluding hydrogens is 542 g/mol. The zero-order chi connectivity index (χ0) is 28.5. The van der Waals surface area contributed by atoms with Crippen molar-refractivity contribution in [2.45, 2.75) is 84.0 Å². The summed E-state index contributed by atoms with van der Waals surface area (Å²) in [7, 11) is 0. The summed E-state index contributed by atoms with van der Waals surface area (Å²) in [5, 5.41) is 0. The Hall–Kier alpha value is -2.72. The van der Waals surface area contributed by atoms with Crippen molar-refractivity contribution in [3.05, 3.63) is 45.2 Å². The molecule has 0 spiro atoms. The second kappa shape index (κ2) is 14.8. The van der Waals surface area contributed by atoms with Gasteiger partial charge in [-0.3, -0.25) is 23.7 Å². The second-order valence-corrected chi connectivity index (χ2v) is 12.4.